The first-order chi connectivity index (χ1) is 18.3. The highest BCUT2D eigenvalue weighted by molar-refractivity contribution is 5.88. The number of amides is 2. The number of halogens is 5. The first-order valence-electron chi connectivity index (χ1n) is 11.6. The van der Waals surface area contributed by atoms with Gasteiger partial charge in [0.05, 0.1) is 18.5 Å². The molecule has 3 aromatic rings. The predicted molar refractivity (Wildman–Crippen MR) is 130 cm³/mol. The summed E-state index contributed by atoms with van der Waals surface area (Å²) in [6.07, 6.45) is -5.29. The van der Waals surface area contributed by atoms with E-state index >= 15 is 0 Å². The van der Waals surface area contributed by atoms with Crippen LogP contribution in [0.5, 0.6) is 0 Å². The number of benzene rings is 3. The van der Waals surface area contributed by atoms with Crippen LogP contribution < -0.4 is 11.1 Å². The van der Waals surface area contributed by atoms with Crippen LogP contribution in [0.15, 0.2) is 72.8 Å². The fraction of sp³-hybridized carbons (Fsp3) is 0.222. The van der Waals surface area contributed by atoms with Gasteiger partial charge >= 0.3 is 12.1 Å². The Morgan fingerprint density at radius 1 is 0.846 bits per heavy atom. The summed E-state index contributed by atoms with van der Waals surface area (Å²) in [4.78, 5) is 36.1. The summed E-state index contributed by atoms with van der Waals surface area (Å²) in [5.41, 5.74) is 9.48. The fourth-order valence-corrected chi connectivity index (χ4v) is 3.90. The Labute approximate surface area is 220 Å². The summed E-state index contributed by atoms with van der Waals surface area (Å²) in [7, 11) is 0. The highest BCUT2D eigenvalue weighted by Crippen LogP contribution is 2.25. The number of hydrogen-bond acceptors (Lipinski definition) is 4. The number of carbonyl (C=O) groups is 3. The van der Waals surface area contributed by atoms with Gasteiger partial charge in [0.25, 0.3) is 0 Å². The van der Waals surface area contributed by atoms with Crippen molar-refractivity contribution in [2.45, 2.75) is 37.8 Å². The summed E-state index contributed by atoms with van der Waals surface area (Å²) in [5, 5.41) is 9.97. The molecule has 1 atom stereocenters. The average molecular weight is 549 g/mol. The van der Waals surface area contributed by atoms with Gasteiger partial charge in [-0.3, -0.25) is 9.59 Å². The molecule has 0 unspecified atom stereocenters. The molecule has 7 nitrogen and oxygen atoms in total. The molecule has 0 fully saturated rings. The van der Waals surface area contributed by atoms with E-state index < -0.39 is 41.8 Å². The topological polar surface area (TPSA) is 113 Å². The van der Waals surface area contributed by atoms with Gasteiger partial charge in [0, 0.05) is 13.1 Å². The maximum atomic E-state index is 13.4. The largest absolute Gasteiger partial charge is 0.490 e. The number of hydrogen-bond donors (Lipinski definition) is 3. The van der Waals surface area contributed by atoms with Crippen molar-refractivity contribution in [1.82, 2.24) is 10.2 Å². The first kappa shape index (κ1) is 29.2. The van der Waals surface area contributed by atoms with Gasteiger partial charge in [-0.15, -0.1) is 0 Å². The highest BCUT2D eigenvalue weighted by atomic mass is 19.4. The van der Waals surface area contributed by atoms with E-state index in [0.717, 1.165) is 11.1 Å². The van der Waals surface area contributed by atoms with E-state index in [-0.39, 0.29) is 12.3 Å². The standard InChI is InChI=1S/C25H23F2N3O2.C2HF3O2/c26-20-9-5-16(6-10-20)24(17-7-11-21(27)12-8-17)29-23(31)13-22(28)25(32)30-14-18-3-1-2-4-19(18)15-30;3-2(4,5)1(6)7/h1-12,22,24H,13-15,28H2,(H,29,31);(H,6,7)/t22-;/m0./s1. The maximum absolute atomic E-state index is 13.4. The number of rotatable bonds is 6. The molecule has 0 aromatic heterocycles. The Hall–Kier alpha value is -4.32. The third kappa shape index (κ3) is 8.08. The zero-order valence-electron chi connectivity index (χ0n) is 20.3. The molecular formula is C27H24F5N3O4. The summed E-state index contributed by atoms with van der Waals surface area (Å²) in [6, 6.07) is 17.5. The van der Waals surface area contributed by atoms with Gasteiger partial charge in [-0.25, -0.2) is 13.6 Å². The van der Waals surface area contributed by atoms with Crippen molar-refractivity contribution in [3.8, 4) is 0 Å². The number of carbonyl (C=O) groups excluding carboxylic acids is 2. The normalized spacial score (nSPS) is 13.3. The number of alkyl halides is 3. The Kier molecular flexibility index (Phi) is 9.36. The first-order valence-corrected chi connectivity index (χ1v) is 11.6. The second-order valence-electron chi connectivity index (χ2n) is 8.68. The van der Waals surface area contributed by atoms with Crippen molar-refractivity contribution in [2.24, 2.45) is 5.73 Å². The minimum absolute atomic E-state index is 0.204. The molecule has 4 N–H and O–H groups in total. The van der Waals surface area contributed by atoms with Crippen molar-refractivity contribution in [2.75, 3.05) is 0 Å². The van der Waals surface area contributed by atoms with Crippen molar-refractivity contribution in [1.29, 1.82) is 0 Å². The Bertz CT molecular complexity index is 1240. The lowest BCUT2D eigenvalue weighted by Crippen LogP contribution is -2.44. The molecule has 0 bridgehead atoms. The number of nitrogens with one attached hydrogen (secondary N) is 1. The van der Waals surface area contributed by atoms with Crippen LogP contribution in [0.2, 0.25) is 0 Å². The smallest absolute Gasteiger partial charge is 0.475 e. The average Bonchev–Trinajstić information content (AvgIpc) is 3.32. The summed E-state index contributed by atoms with van der Waals surface area (Å²) in [5.74, 6) is -4.29. The number of aliphatic carboxylic acids is 1. The van der Waals surface area contributed by atoms with Crippen molar-refractivity contribution in [3.05, 3.63) is 107 Å². The zero-order chi connectivity index (χ0) is 28.7. The third-order valence-corrected chi connectivity index (χ3v) is 5.83. The minimum atomic E-state index is -5.08. The quantitative estimate of drug-likeness (QED) is 0.402. The van der Waals surface area contributed by atoms with E-state index in [1.807, 2.05) is 24.3 Å². The maximum Gasteiger partial charge on any atom is 0.490 e. The molecule has 206 valence electrons. The lowest BCUT2D eigenvalue weighted by atomic mass is 9.98. The van der Waals surface area contributed by atoms with Crippen molar-refractivity contribution < 1.29 is 41.4 Å². The van der Waals surface area contributed by atoms with E-state index in [1.165, 1.54) is 24.3 Å². The van der Waals surface area contributed by atoms with Gasteiger partial charge in [-0.1, -0.05) is 48.5 Å². The molecule has 1 aliphatic rings. The summed E-state index contributed by atoms with van der Waals surface area (Å²) >= 11 is 0. The number of carboxylic acids is 1. The van der Waals surface area contributed by atoms with E-state index in [2.05, 4.69) is 5.32 Å². The van der Waals surface area contributed by atoms with E-state index in [9.17, 15) is 31.5 Å². The van der Waals surface area contributed by atoms with Crippen LogP contribution in [0.25, 0.3) is 0 Å². The molecule has 4 rings (SSSR count). The lowest BCUT2D eigenvalue weighted by molar-refractivity contribution is -0.192. The Balaban J connectivity index is 0.000000532. The van der Waals surface area contributed by atoms with Gasteiger partial charge in [0.2, 0.25) is 11.8 Å². The van der Waals surface area contributed by atoms with Crippen LogP contribution in [0.3, 0.4) is 0 Å². The van der Waals surface area contributed by atoms with Crippen LogP contribution >= 0.6 is 0 Å². The molecule has 39 heavy (non-hydrogen) atoms. The van der Waals surface area contributed by atoms with E-state index in [4.69, 9.17) is 15.6 Å². The zero-order valence-corrected chi connectivity index (χ0v) is 20.3. The predicted octanol–water partition coefficient (Wildman–Crippen LogP) is 4.06. The van der Waals surface area contributed by atoms with Crippen molar-refractivity contribution >= 4 is 17.8 Å². The molecule has 1 aliphatic heterocycles. The van der Waals surface area contributed by atoms with Crippen LogP contribution in [-0.2, 0) is 27.5 Å². The molecule has 3 aromatic carbocycles. The van der Waals surface area contributed by atoms with Crippen LogP contribution in [0.1, 0.15) is 34.7 Å². The second kappa shape index (κ2) is 12.5. The summed E-state index contributed by atoms with van der Waals surface area (Å²) in [6.45, 7) is 0.941. The molecule has 0 spiro atoms. The number of nitrogens with zero attached hydrogens (tertiary/aromatic N) is 1. The Morgan fingerprint density at radius 3 is 1.64 bits per heavy atom. The highest BCUT2D eigenvalue weighted by Gasteiger charge is 2.38. The lowest BCUT2D eigenvalue weighted by Gasteiger charge is -2.23. The Morgan fingerprint density at radius 2 is 1.26 bits per heavy atom. The van der Waals surface area contributed by atoms with Gasteiger partial charge < -0.3 is 21.1 Å². The van der Waals surface area contributed by atoms with Gasteiger partial charge in [0.15, 0.2) is 0 Å². The molecule has 0 aliphatic carbocycles. The fourth-order valence-electron chi connectivity index (χ4n) is 3.90. The number of nitrogens with two attached hydrogens (primary N) is 1. The molecule has 2 amide bonds. The van der Waals surface area contributed by atoms with Gasteiger partial charge in [-0.05, 0) is 46.5 Å². The molecule has 12 heteroatoms. The van der Waals surface area contributed by atoms with E-state index in [1.54, 1.807) is 29.2 Å². The minimum Gasteiger partial charge on any atom is -0.475 e. The third-order valence-electron chi connectivity index (χ3n) is 5.83. The summed E-state index contributed by atoms with van der Waals surface area (Å²) < 4.78 is 58.5. The van der Waals surface area contributed by atoms with Crippen LogP contribution in [0.4, 0.5) is 22.0 Å². The second-order valence-corrected chi connectivity index (χ2v) is 8.68. The molecular weight excluding hydrogens is 525 g/mol. The number of carboxylic acid groups (broad SMARTS) is 1. The molecule has 0 saturated heterocycles. The van der Waals surface area contributed by atoms with Crippen molar-refractivity contribution in [3.63, 3.8) is 0 Å². The van der Waals surface area contributed by atoms with Crippen LogP contribution in [0, 0.1) is 11.6 Å². The number of fused-ring (bicyclic) bond motifs is 1. The van der Waals surface area contributed by atoms with E-state index in [0.29, 0.717) is 24.2 Å². The van der Waals surface area contributed by atoms with Gasteiger partial charge in [-0.2, -0.15) is 13.2 Å². The monoisotopic (exact) mass is 549 g/mol. The molecule has 1 heterocycles. The van der Waals surface area contributed by atoms with Crippen LogP contribution in [-0.4, -0.2) is 40.0 Å². The van der Waals surface area contributed by atoms with Gasteiger partial charge in [0.1, 0.15) is 11.6 Å². The molecule has 0 radical (unpaired) electrons. The SMILES string of the molecule is N[C@@H](CC(=O)NC(c1ccc(F)cc1)c1ccc(F)cc1)C(=O)N1Cc2ccccc2C1.O=C(O)C(F)(F)F. The molecule has 0 saturated carbocycles.